The molecule has 2 aromatic rings. The zero-order valence-corrected chi connectivity index (χ0v) is 18.4. The Kier molecular flexibility index (Phi) is 4.77. The number of hydrogen-bond acceptors (Lipinski definition) is 6. The largest absolute Gasteiger partial charge is 0.329 e. The predicted octanol–water partition coefficient (Wildman–Crippen LogP) is 3.19. The third-order valence-corrected chi connectivity index (χ3v) is 7.67. The quantitative estimate of drug-likeness (QED) is 0.706. The van der Waals surface area contributed by atoms with E-state index in [0.717, 1.165) is 23.3 Å². The van der Waals surface area contributed by atoms with Crippen LogP contribution in [0.2, 0.25) is 0 Å². The van der Waals surface area contributed by atoms with Gasteiger partial charge in [0.15, 0.2) is 15.8 Å². The van der Waals surface area contributed by atoms with Crippen LogP contribution in [0.15, 0.2) is 17.0 Å². The fraction of sp³-hybridized carbons (Fsp3) is 0.450. The van der Waals surface area contributed by atoms with Crippen molar-refractivity contribution in [2.45, 2.75) is 57.5 Å². The third kappa shape index (κ3) is 3.46. The van der Waals surface area contributed by atoms with Crippen molar-refractivity contribution in [1.29, 1.82) is 0 Å². The van der Waals surface area contributed by atoms with E-state index in [9.17, 15) is 18.0 Å². The van der Waals surface area contributed by atoms with Crippen LogP contribution in [0.3, 0.4) is 0 Å². The summed E-state index contributed by atoms with van der Waals surface area (Å²) in [6.45, 7) is 7.74. The highest BCUT2D eigenvalue weighted by Gasteiger charge is 2.47. The number of hydrogen-bond donors (Lipinski definition) is 2. The van der Waals surface area contributed by atoms with Crippen molar-refractivity contribution in [2.75, 3.05) is 5.32 Å². The third-order valence-electron chi connectivity index (χ3n) is 5.80. The van der Waals surface area contributed by atoms with Gasteiger partial charge < -0.3 is 10.2 Å². The van der Waals surface area contributed by atoms with Crippen molar-refractivity contribution >= 4 is 39.0 Å². The SMILES string of the molecule is CC(=O)Nc1nc(C)c(-c2cc3c(c([SH](=O)=O)c2)C(=O)N(C(C)(C)C2CC2)C3)s1. The standard InChI is InChI=1S/C20H23N3O4S2/c1-10-17(28-19(21-10)22-11(2)24)12-7-13-9-23(20(3,4)14-5-6-14)18(25)16(13)15(8-12)29(26)27/h7-8,14,29H,5-6,9H2,1-4H3,(H,21,22,24). The van der Waals surface area contributed by atoms with Crippen LogP contribution in [0.5, 0.6) is 0 Å². The minimum Gasteiger partial charge on any atom is -0.329 e. The number of aryl methyl sites for hydroxylation is 1. The first-order valence-corrected chi connectivity index (χ1v) is 11.5. The van der Waals surface area contributed by atoms with Gasteiger partial charge in [-0.1, -0.05) is 11.3 Å². The van der Waals surface area contributed by atoms with Crippen molar-refractivity contribution < 1.29 is 18.0 Å². The Balaban J connectivity index is 1.80. The minimum atomic E-state index is -2.94. The molecule has 1 aliphatic heterocycles. The highest BCUT2D eigenvalue weighted by Crippen LogP contribution is 2.46. The zero-order valence-electron chi connectivity index (χ0n) is 16.7. The van der Waals surface area contributed by atoms with Crippen LogP contribution >= 0.6 is 11.3 Å². The highest BCUT2D eigenvalue weighted by atomic mass is 32.2. The number of rotatable bonds is 5. The van der Waals surface area contributed by atoms with Gasteiger partial charge in [-0.2, -0.15) is 0 Å². The molecule has 0 atom stereocenters. The number of aromatic nitrogens is 1. The fourth-order valence-electron chi connectivity index (χ4n) is 4.05. The Morgan fingerprint density at radius 1 is 1.31 bits per heavy atom. The molecule has 9 heteroatoms. The summed E-state index contributed by atoms with van der Waals surface area (Å²) < 4.78 is 24.1. The van der Waals surface area contributed by atoms with Gasteiger partial charge in [-0.05, 0) is 62.8 Å². The van der Waals surface area contributed by atoms with E-state index in [1.807, 2.05) is 17.9 Å². The summed E-state index contributed by atoms with van der Waals surface area (Å²) in [5.41, 5.74) is 2.11. The van der Waals surface area contributed by atoms with Gasteiger partial charge in [0, 0.05) is 19.0 Å². The van der Waals surface area contributed by atoms with Gasteiger partial charge in [-0.15, -0.1) is 0 Å². The van der Waals surface area contributed by atoms with Gasteiger partial charge in [0.25, 0.3) is 5.91 Å². The lowest BCUT2D eigenvalue weighted by molar-refractivity contribution is -0.114. The first-order chi connectivity index (χ1) is 13.6. The number of nitrogens with zero attached hydrogens (tertiary/aromatic N) is 2. The molecule has 0 saturated heterocycles. The summed E-state index contributed by atoms with van der Waals surface area (Å²) in [5.74, 6) is 0.0254. The van der Waals surface area contributed by atoms with Crippen LogP contribution in [-0.2, 0) is 22.0 Å². The molecule has 29 heavy (non-hydrogen) atoms. The first kappa shape index (κ1) is 20.0. The summed E-state index contributed by atoms with van der Waals surface area (Å²) in [7, 11) is -2.94. The van der Waals surface area contributed by atoms with Gasteiger partial charge in [0.1, 0.15) is 0 Å². The van der Waals surface area contributed by atoms with Gasteiger partial charge in [0.05, 0.1) is 21.0 Å². The van der Waals surface area contributed by atoms with E-state index in [1.165, 1.54) is 18.3 Å². The molecule has 0 radical (unpaired) electrons. The molecule has 2 amide bonds. The first-order valence-electron chi connectivity index (χ1n) is 9.48. The number of thiazole rings is 1. The van der Waals surface area contributed by atoms with Gasteiger partial charge in [-0.3, -0.25) is 9.59 Å². The Labute approximate surface area is 175 Å². The maximum absolute atomic E-state index is 13.1. The number of fused-ring (bicyclic) bond motifs is 1. The number of benzene rings is 1. The lowest BCUT2D eigenvalue weighted by atomic mass is 9.96. The Morgan fingerprint density at radius 3 is 2.59 bits per heavy atom. The lowest BCUT2D eigenvalue weighted by Crippen LogP contribution is -2.45. The average Bonchev–Trinajstić information content (AvgIpc) is 3.35. The van der Waals surface area contributed by atoms with Crippen molar-refractivity contribution in [2.24, 2.45) is 5.92 Å². The maximum Gasteiger partial charge on any atom is 0.256 e. The van der Waals surface area contributed by atoms with E-state index in [2.05, 4.69) is 24.1 Å². The molecule has 4 rings (SSSR count). The van der Waals surface area contributed by atoms with Gasteiger partial charge >= 0.3 is 0 Å². The molecule has 2 heterocycles. The van der Waals surface area contributed by atoms with E-state index < -0.39 is 10.7 Å². The molecular formula is C20H23N3O4S2. The summed E-state index contributed by atoms with van der Waals surface area (Å²) >= 11 is 1.29. The van der Waals surface area contributed by atoms with Gasteiger partial charge in [-0.25, -0.2) is 13.4 Å². The number of anilines is 1. The number of nitrogens with one attached hydrogen (secondary N) is 1. The molecule has 1 N–H and O–H groups in total. The predicted molar refractivity (Wildman–Crippen MR) is 112 cm³/mol. The molecule has 0 unspecified atom stereocenters. The fourth-order valence-corrected chi connectivity index (χ4v) is 5.72. The highest BCUT2D eigenvalue weighted by molar-refractivity contribution is 7.72. The second-order valence-electron chi connectivity index (χ2n) is 8.22. The Morgan fingerprint density at radius 2 is 2.00 bits per heavy atom. The molecule has 2 aliphatic rings. The van der Waals surface area contributed by atoms with Crippen LogP contribution in [0.25, 0.3) is 10.4 Å². The van der Waals surface area contributed by atoms with Gasteiger partial charge in [0.2, 0.25) is 5.91 Å². The molecular weight excluding hydrogens is 410 g/mol. The molecule has 1 aromatic heterocycles. The molecule has 154 valence electrons. The monoisotopic (exact) mass is 433 g/mol. The zero-order chi connectivity index (χ0) is 21.1. The second kappa shape index (κ2) is 6.91. The Bertz CT molecular complexity index is 1110. The van der Waals surface area contributed by atoms with E-state index in [0.29, 0.717) is 34.4 Å². The van der Waals surface area contributed by atoms with Crippen LogP contribution in [0, 0.1) is 12.8 Å². The topological polar surface area (TPSA) is 96.4 Å². The number of amides is 2. The number of carbonyl (C=O) groups is 2. The van der Waals surface area contributed by atoms with E-state index in [4.69, 9.17) is 0 Å². The van der Waals surface area contributed by atoms with Crippen LogP contribution in [-0.4, -0.2) is 35.7 Å². The average molecular weight is 434 g/mol. The molecule has 0 bridgehead atoms. The van der Waals surface area contributed by atoms with E-state index in [-0.39, 0.29) is 22.2 Å². The van der Waals surface area contributed by atoms with Crippen LogP contribution in [0.1, 0.15) is 55.2 Å². The smallest absolute Gasteiger partial charge is 0.256 e. The summed E-state index contributed by atoms with van der Waals surface area (Å²) in [5, 5.41) is 3.13. The molecule has 7 nitrogen and oxygen atoms in total. The van der Waals surface area contributed by atoms with E-state index in [1.54, 1.807) is 6.07 Å². The Hall–Kier alpha value is -2.26. The van der Waals surface area contributed by atoms with Crippen LogP contribution in [0.4, 0.5) is 5.13 Å². The van der Waals surface area contributed by atoms with Crippen molar-refractivity contribution in [3.63, 3.8) is 0 Å². The van der Waals surface area contributed by atoms with Crippen LogP contribution < -0.4 is 5.32 Å². The second-order valence-corrected chi connectivity index (χ2v) is 10.2. The minimum absolute atomic E-state index is 0.0560. The molecule has 1 saturated carbocycles. The molecule has 1 aliphatic carbocycles. The van der Waals surface area contributed by atoms with Crippen molar-refractivity contribution in [1.82, 2.24) is 9.88 Å². The summed E-state index contributed by atoms with van der Waals surface area (Å²) in [4.78, 5) is 31.5. The number of carbonyl (C=O) groups excluding carboxylic acids is 2. The normalized spacial score (nSPS) is 16.4. The van der Waals surface area contributed by atoms with Crippen molar-refractivity contribution in [3.05, 3.63) is 29.0 Å². The summed E-state index contributed by atoms with van der Waals surface area (Å²) in [6.07, 6.45) is 2.18. The lowest BCUT2D eigenvalue weighted by Gasteiger charge is -2.36. The summed E-state index contributed by atoms with van der Waals surface area (Å²) in [6, 6.07) is 3.44. The molecule has 1 aromatic carbocycles. The maximum atomic E-state index is 13.1. The number of thiol groups is 1. The molecule has 1 fully saturated rings. The van der Waals surface area contributed by atoms with Crippen molar-refractivity contribution in [3.8, 4) is 10.4 Å². The van der Waals surface area contributed by atoms with E-state index >= 15 is 0 Å². The molecule has 0 spiro atoms.